The predicted molar refractivity (Wildman–Crippen MR) is 112 cm³/mol. The van der Waals surface area contributed by atoms with Crippen LogP contribution in [0.1, 0.15) is 24.0 Å². The highest BCUT2D eigenvalue weighted by atomic mass is 32.2. The van der Waals surface area contributed by atoms with Crippen molar-refractivity contribution in [3.63, 3.8) is 0 Å². The molecule has 0 aromatic heterocycles. The molecule has 0 N–H and O–H groups in total. The number of benzene rings is 2. The second-order valence-corrected chi connectivity index (χ2v) is 9.25. The van der Waals surface area contributed by atoms with E-state index in [-0.39, 0.29) is 5.91 Å². The van der Waals surface area contributed by atoms with Gasteiger partial charge in [-0.05, 0) is 44.0 Å². The topological polar surface area (TPSA) is 66.9 Å². The highest BCUT2D eigenvalue weighted by Gasteiger charge is 2.29. The number of ether oxygens (including phenoxy) is 1. The van der Waals surface area contributed by atoms with Crippen molar-refractivity contribution in [2.45, 2.75) is 31.6 Å². The number of hydrogen-bond donors (Lipinski definition) is 0. The largest absolute Gasteiger partial charge is 0.493 e. The van der Waals surface area contributed by atoms with E-state index in [1.165, 1.54) is 4.31 Å². The normalized spacial score (nSPS) is 15.3. The summed E-state index contributed by atoms with van der Waals surface area (Å²) in [4.78, 5) is 14.5. The van der Waals surface area contributed by atoms with E-state index in [0.717, 1.165) is 16.9 Å². The maximum Gasteiger partial charge on any atom is 0.243 e. The van der Waals surface area contributed by atoms with Gasteiger partial charge in [-0.3, -0.25) is 4.79 Å². The van der Waals surface area contributed by atoms with Crippen molar-refractivity contribution in [2.24, 2.45) is 0 Å². The van der Waals surface area contributed by atoms with E-state index in [1.807, 2.05) is 38.1 Å². The van der Waals surface area contributed by atoms with E-state index >= 15 is 0 Å². The third kappa shape index (κ3) is 5.36. The van der Waals surface area contributed by atoms with Crippen molar-refractivity contribution in [2.75, 3.05) is 32.8 Å². The first-order valence-electron chi connectivity index (χ1n) is 9.91. The lowest BCUT2D eigenvalue weighted by Crippen LogP contribution is -2.50. The van der Waals surface area contributed by atoms with Crippen LogP contribution in [0.2, 0.25) is 0 Å². The number of sulfonamides is 1. The zero-order chi connectivity index (χ0) is 20.9. The van der Waals surface area contributed by atoms with E-state index in [9.17, 15) is 13.2 Å². The Morgan fingerprint density at radius 1 is 0.966 bits per heavy atom. The first-order valence-corrected chi connectivity index (χ1v) is 11.3. The average molecular weight is 417 g/mol. The number of carbonyl (C=O) groups excluding carboxylic acids is 1. The summed E-state index contributed by atoms with van der Waals surface area (Å²) in [5.41, 5.74) is 2.09. The lowest BCUT2D eigenvalue weighted by molar-refractivity contribution is -0.132. The predicted octanol–water partition coefficient (Wildman–Crippen LogP) is 3.00. The molecule has 1 fully saturated rings. The van der Waals surface area contributed by atoms with Crippen LogP contribution in [0.25, 0.3) is 0 Å². The summed E-state index contributed by atoms with van der Waals surface area (Å²) in [5.74, 6) is 0.889. The number of amides is 1. The van der Waals surface area contributed by atoms with Gasteiger partial charge in [0, 0.05) is 32.6 Å². The Labute approximate surface area is 173 Å². The van der Waals surface area contributed by atoms with Crippen molar-refractivity contribution in [1.82, 2.24) is 9.21 Å². The van der Waals surface area contributed by atoms with Crippen LogP contribution in [0.5, 0.6) is 5.75 Å². The Balaban J connectivity index is 1.44. The lowest BCUT2D eigenvalue weighted by Gasteiger charge is -2.34. The van der Waals surface area contributed by atoms with Crippen molar-refractivity contribution in [1.29, 1.82) is 0 Å². The van der Waals surface area contributed by atoms with Gasteiger partial charge in [-0.2, -0.15) is 4.31 Å². The van der Waals surface area contributed by atoms with E-state index < -0.39 is 10.0 Å². The van der Waals surface area contributed by atoms with E-state index in [1.54, 1.807) is 29.2 Å². The molecule has 0 aliphatic carbocycles. The van der Waals surface area contributed by atoms with Gasteiger partial charge in [0.15, 0.2) is 0 Å². The molecule has 7 heteroatoms. The molecule has 0 bridgehead atoms. The summed E-state index contributed by atoms with van der Waals surface area (Å²) in [6.45, 7) is 5.88. The molecule has 0 unspecified atom stereocenters. The average Bonchev–Trinajstić information content (AvgIpc) is 2.72. The molecule has 2 aromatic rings. The molecule has 0 spiro atoms. The fourth-order valence-electron chi connectivity index (χ4n) is 3.32. The molecular weight excluding hydrogens is 388 g/mol. The summed E-state index contributed by atoms with van der Waals surface area (Å²) in [6.07, 6.45) is 1.03. The quantitative estimate of drug-likeness (QED) is 0.651. The first-order chi connectivity index (χ1) is 13.9. The Hall–Kier alpha value is -2.38. The Kier molecular flexibility index (Phi) is 6.92. The zero-order valence-corrected chi connectivity index (χ0v) is 17.8. The van der Waals surface area contributed by atoms with Gasteiger partial charge in [0.1, 0.15) is 5.75 Å². The minimum atomic E-state index is -3.51. The molecule has 0 atom stereocenters. The number of aryl methyl sites for hydroxylation is 2. The maximum atomic E-state index is 12.8. The fourth-order valence-corrected chi connectivity index (χ4v) is 4.74. The molecule has 0 saturated carbocycles. The van der Waals surface area contributed by atoms with Crippen LogP contribution >= 0.6 is 0 Å². The molecule has 156 valence electrons. The molecule has 1 aliphatic rings. The van der Waals surface area contributed by atoms with Gasteiger partial charge in [0.05, 0.1) is 11.5 Å². The van der Waals surface area contributed by atoms with E-state index in [4.69, 9.17) is 4.74 Å². The summed E-state index contributed by atoms with van der Waals surface area (Å²) in [5, 5.41) is 0. The summed E-state index contributed by atoms with van der Waals surface area (Å²) in [6, 6.07) is 14.7. The van der Waals surface area contributed by atoms with Crippen LogP contribution in [-0.2, 0) is 14.8 Å². The molecule has 3 rings (SSSR count). The summed E-state index contributed by atoms with van der Waals surface area (Å²) < 4.78 is 32.7. The number of rotatable bonds is 7. The van der Waals surface area contributed by atoms with Gasteiger partial charge in [0.25, 0.3) is 0 Å². The third-order valence-corrected chi connectivity index (χ3v) is 7.05. The molecule has 1 aliphatic heterocycles. The molecule has 6 nitrogen and oxygen atoms in total. The van der Waals surface area contributed by atoms with Gasteiger partial charge >= 0.3 is 0 Å². The van der Waals surface area contributed by atoms with E-state index in [2.05, 4.69) is 0 Å². The minimum Gasteiger partial charge on any atom is -0.493 e. The smallest absolute Gasteiger partial charge is 0.243 e. The minimum absolute atomic E-state index is 0.0470. The highest BCUT2D eigenvalue weighted by Crippen LogP contribution is 2.19. The first kappa shape index (κ1) is 21.3. The molecule has 1 amide bonds. The molecular formula is C22H28N2O4S. The van der Waals surface area contributed by atoms with Crippen LogP contribution in [0.15, 0.2) is 53.4 Å². The number of carbonyl (C=O) groups is 1. The molecule has 1 saturated heterocycles. The monoisotopic (exact) mass is 416 g/mol. The van der Waals surface area contributed by atoms with Gasteiger partial charge in [-0.25, -0.2) is 8.42 Å². The van der Waals surface area contributed by atoms with Crippen molar-refractivity contribution >= 4 is 15.9 Å². The van der Waals surface area contributed by atoms with Crippen LogP contribution in [0.3, 0.4) is 0 Å². The van der Waals surface area contributed by atoms with Crippen LogP contribution in [-0.4, -0.2) is 56.3 Å². The van der Waals surface area contributed by atoms with E-state index in [0.29, 0.717) is 50.5 Å². The highest BCUT2D eigenvalue weighted by molar-refractivity contribution is 7.89. The van der Waals surface area contributed by atoms with Gasteiger partial charge in [-0.1, -0.05) is 35.9 Å². The second kappa shape index (κ2) is 9.41. The molecule has 1 heterocycles. The Morgan fingerprint density at radius 2 is 1.62 bits per heavy atom. The summed E-state index contributed by atoms with van der Waals surface area (Å²) >= 11 is 0. The van der Waals surface area contributed by atoms with Gasteiger partial charge in [0.2, 0.25) is 15.9 Å². The van der Waals surface area contributed by atoms with Crippen molar-refractivity contribution < 1.29 is 17.9 Å². The SMILES string of the molecule is Cc1ccc(S(=O)(=O)N2CCN(C(=O)CCCOc3ccccc3C)CC2)cc1. The number of hydrogen-bond acceptors (Lipinski definition) is 4. The van der Waals surface area contributed by atoms with Crippen LogP contribution < -0.4 is 4.74 Å². The Morgan fingerprint density at radius 3 is 2.28 bits per heavy atom. The van der Waals surface area contributed by atoms with Gasteiger partial charge in [-0.15, -0.1) is 0 Å². The Bertz CT molecular complexity index is 934. The zero-order valence-electron chi connectivity index (χ0n) is 17.0. The van der Waals surface area contributed by atoms with Crippen LogP contribution in [0.4, 0.5) is 0 Å². The van der Waals surface area contributed by atoms with Gasteiger partial charge < -0.3 is 9.64 Å². The van der Waals surface area contributed by atoms with Crippen molar-refractivity contribution in [3.05, 3.63) is 59.7 Å². The second-order valence-electron chi connectivity index (χ2n) is 7.32. The lowest BCUT2D eigenvalue weighted by atomic mass is 10.2. The van der Waals surface area contributed by atoms with Crippen LogP contribution in [0, 0.1) is 13.8 Å². The summed E-state index contributed by atoms with van der Waals surface area (Å²) in [7, 11) is -3.51. The number of nitrogens with zero attached hydrogens (tertiary/aromatic N) is 2. The molecule has 29 heavy (non-hydrogen) atoms. The molecule has 2 aromatic carbocycles. The standard InChI is InChI=1S/C22H28N2O4S/c1-18-9-11-20(12-10-18)29(26,27)24-15-13-23(14-16-24)22(25)8-5-17-28-21-7-4-3-6-19(21)2/h3-4,6-7,9-12H,5,8,13-17H2,1-2H3. The van der Waals surface area contributed by atoms with Crippen molar-refractivity contribution in [3.8, 4) is 5.75 Å². The number of para-hydroxylation sites is 1. The third-order valence-electron chi connectivity index (χ3n) is 5.14. The molecule has 0 radical (unpaired) electrons. The maximum absolute atomic E-state index is 12.8. The fraction of sp³-hybridized carbons (Fsp3) is 0.409. The number of piperazine rings is 1.